The first-order chi connectivity index (χ1) is 5.40. The van der Waals surface area contributed by atoms with Gasteiger partial charge in [-0.1, -0.05) is 0 Å². The molecule has 68 valence electrons. The molecule has 1 saturated heterocycles. The molecule has 12 heavy (non-hydrogen) atoms. The molecule has 0 aromatic heterocycles. The molecule has 0 radical (unpaired) electrons. The Morgan fingerprint density at radius 1 is 1.33 bits per heavy atom. The Morgan fingerprint density at radius 3 is 2.08 bits per heavy atom. The summed E-state index contributed by atoms with van der Waals surface area (Å²) in [5.41, 5.74) is 0. The maximum absolute atomic E-state index is 11.0. The smallest absolute Gasteiger partial charge is 0.254 e. The molecular weight excluding hydrogens is 177 g/mol. The van der Waals surface area contributed by atoms with Crippen LogP contribution in [0.3, 0.4) is 0 Å². The lowest BCUT2D eigenvalue weighted by Gasteiger charge is -2.24. The first kappa shape index (κ1) is 9.62. The number of hydrogen-bond donors (Lipinski definition) is 0. The molecular formula is C7H12NO3P. The summed E-state index contributed by atoms with van der Waals surface area (Å²) < 4.78 is 0. The Balaban J connectivity index is 2.62. The molecule has 1 heterocycles. The summed E-state index contributed by atoms with van der Waals surface area (Å²) in [6.45, 7) is 3.52. The molecule has 1 unspecified atom stereocenters. The molecule has 2 amide bonds. The lowest BCUT2D eigenvalue weighted by atomic mass is 10.4. The third kappa shape index (κ3) is 2.26. The molecule has 0 bridgehead atoms. The Kier molecular flexibility index (Phi) is 2.49. The minimum atomic E-state index is -0.574. The van der Waals surface area contributed by atoms with Crippen molar-refractivity contribution in [1.82, 2.24) is 5.06 Å². The van der Waals surface area contributed by atoms with E-state index in [1.54, 1.807) is 13.8 Å². The van der Waals surface area contributed by atoms with Gasteiger partial charge in [0.05, 0.1) is 0 Å². The van der Waals surface area contributed by atoms with Crippen molar-refractivity contribution in [1.29, 1.82) is 0 Å². The van der Waals surface area contributed by atoms with Gasteiger partial charge < -0.3 is 0 Å². The lowest BCUT2D eigenvalue weighted by Crippen LogP contribution is -2.35. The maximum Gasteiger partial charge on any atom is 0.254 e. The summed E-state index contributed by atoms with van der Waals surface area (Å²) >= 11 is 0. The normalized spacial score (nSPS) is 19.1. The number of imide groups is 1. The van der Waals surface area contributed by atoms with Gasteiger partial charge in [-0.15, -0.1) is 9.24 Å². The zero-order chi connectivity index (χ0) is 9.35. The van der Waals surface area contributed by atoms with Gasteiger partial charge in [0, 0.05) is 12.8 Å². The molecule has 0 spiro atoms. The summed E-state index contributed by atoms with van der Waals surface area (Å²) in [5.74, 6) is -0.508. The number of carbonyl (C=O) groups is 2. The molecule has 0 aromatic rings. The second-order valence-corrected chi connectivity index (χ2v) is 4.67. The van der Waals surface area contributed by atoms with Crippen molar-refractivity contribution in [3.05, 3.63) is 0 Å². The van der Waals surface area contributed by atoms with Gasteiger partial charge in [0.15, 0.2) is 0 Å². The monoisotopic (exact) mass is 189 g/mol. The zero-order valence-electron chi connectivity index (χ0n) is 7.16. The van der Waals surface area contributed by atoms with Crippen molar-refractivity contribution in [2.75, 3.05) is 0 Å². The quantitative estimate of drug-likeness (QED) is 0.474. The molecule has 4 nitrogen and oxygen atoms in total. The summed E-state index contributed by atoms with van der Waals surface area (Å²) in [5, 5.41) is 0.280. The van der Waals surface area contributed by atoms with Crippen LogP contribution in [-0.2, 0) is 14.4 Å². The number of amides is 2. The minimum absolute atomic E-state index is 0.254. The van der Waals surface area contributed by atoms with Gasteiger partial charge in [-0.3, -0.25) is 14.4 Å². The Hall–Kier alpha value is -0.470. The maximum atomic E-state index is 11.0. The lowest BCUT2D eigenvalue weighted by molar-refractivity contribution is -0.204. The van der Waals surface area contributed by atoms with Crippen LogP contribution in [-0.4, -0.2) is 22.2 Å². The van der Waals surface area contributed by atoms with Gasteiger partial charge in [-0.05, 0) is 13.8 Å². The fourth-order valence-corrected chi connectivity index (χ4v) is 0.999. The second-order valence-electron chi connectivity index (χ2n) is 3.28. The molecule has 1 aliphatic heterocycles. The van der Waals surface area contributed by atoms with Crippen LogP contribution in [0.1, 0.15) is 26.7 Å². The van der Waals surface area contributed by atoms with E-state index in [9.17, 15) is 9.59 Å². The molecule has 1 rings (SSSR count). The Morgan fingerprint density at radius 2 is 1.75 bits per heavy atom. The van der Waals surface area contributed by atoms with Crippen molar-refractivity contribution in [3.63, 3.8) is 0 Å². The van der Waals surface area contributed by atoms with E-state index in [1.807, 2.05) is 0 Å². The highest BCUT2D eigenvalue weighted by molar-refractivity contribution is 7.18. The predicted molar refractivity (Wildman–Crippen MR) is 46.0 cm³/mol. The van der Waals surface area contributed by atoms with Crippen LogP contribution >= 0.6 is 9.24 Å². The summed E-state index contributed by atoms with van der Waals surface area (Å²) in [7, 11) is 2.41. The average molecular weight is 189 g/mol. The van der Waals surface area contributed by atoms with Crippen molar-refractivity contribution in [3.8, 4) is 0 Å². The average Bonchev–Trinajstić information content (AvgIpc) is 2.16. The molecule has 0 aliphatic carbocycles. The Bertz CT molecular complexity index is 205. The molecule has 0 N–H and O–H groups in total. The third-order valence-electron chi connectivity index (χ3n) is 1.33. The largest absolute Gasteiger partial charge is 0.272 e. The van der Waals surface area contributed by atoms with E-state index < -0.39 is 5.34 Å². The molecule has 1 atom stereocenters. The van der Waals surface area contributed by atoms with E-state index in [0.717, 1.165) is 5.06 Å². The SMILES string of the molecule is CC(C)(P)ON1C(=O)CCC1=O. The molecule has 0 saturated carbocycles. The van der Waals surface area contributed by atoms with Crippen molar-refractivity contribution >= 4 is 21.1 Å². The van der Waals surface area contributed by atoms with Crippen LogP contribution in [0, 0.1) is 0 Å². The van der Waals surface area contributed by atoms with Gasteiger partial charge >= 0.3 is 0 Å². The number of rotatable bonds is 2. The second kappa shape index (κ2) is 3.11. The van der Waals surface area contributed by atoms with Gasteiger partial charge in [0.1, 0.15) is 5.34 Å². The predicted octanol–water partition coefficient (Wildman–Crippen LogP) is 0.678. The highest BCUT2D eigenvalue weighted by Crippen LogP contribution is 2.23. The number of carbonyl (C=O) groups excluding carboxylic acids is 2. The zero-order valence-corrected chi connectivity index (χ0v) is 8.32. The van der Waals surface area contributed by atoms with Crippen molar-refractivity contribution in [2.45, 2.75) is 32.0 Å². The van der Waals surface area contributed by atoms with Crippen LogP contribution in [0.25, 0.3) is 0 Å². The molecule has 1 fully saturated rings. The third-order valence-corrected chi connectivity index (χ3v) is 1.44. The molecule has 0 aromatic carbocycles. The fraction of sp³-hybridized carbons (Fsp3) is 0.714. The van der Waals surface area contributed by atoms with Crippen LogP contribution < -0.4 is 0 Å². The van der Waals surface area contributed by atoms with Crippen LogP contribution in [0.2, 0.25) is 0 Å². The summed E-state index contributed by atoms with van der Waals surface area (Å²) in [6, 6.07) is 0. The van der Waals surface area contributed by atoms with E-state index >= 15 is 0 Å². The first-order valence-electron chi connectivity index (χ1n) is 3.74. The van der Waals surface area contributed by atoms with Gasteiger partial charge in [-0.25, -0.2) is 0 Å². The summed E-state index contributed by atoms with van der Waals surface area (Å²) in [6.07, 6.45) is 0.527. The highest BCUT2D eigenvalue weighted by atomic mass is 31.0. The number of hydrogen-bond acceptors (Lipinski definition) is 3. The van der Waals surface area contributed by atoms with E-state index in [1.165, 1.54) is 0 Å². The van der Waals surface area contributed by atoms with Gasteiger partial charge in [0.2, 0.25) is 0 Å². The van der Waals surface area contributed by atoms with E-state index in [2.05, 4.69) is 9.24 Å². The molecule has 1 aliphatic rings. The molecule has 5 heteroatoms. The van der Waals surface area contributed by atoms with Crippen LogP contribution in [0.5, 0.6) is 0 Å². The van der Waals surface area contributed by atoms with E-state index in [0.29, 0.717) is 0 Å². The standard InChI is InChI=1S/C7H12NO3P/c1-7(2,12)11-8-5(9)3-4-6(8)10/h3-4,12H2,1-2H3. The Labute approximate surface area is 73.4 Å². The van der Waals surface area contributed by atoms with Crippen molar-refractivity contribution < 1.29 is 14.4 Å². The summed E-state index contributed by atoms with van der Waals surface area (Å²) in [4.78, 5) is 27.2. The van der Waals surface area contributed by atoms with Crippen molar-refractivity contribution in [2.24, 2.45) is 0 Å². The minimum Gasteiger partial charge on any atom is -0.272 e. The van der Waals surface area contributed by atoms with Gasteiger partial charge in [0.25, 0.3) is 11.8 Å². The van der Waals surface area contributed by atoms with Gasteiger partial charge in [-0.2, -0.15) is 5.06 Å². The number of hydroxylamine groups is 2. The first-order valence-corrected chi connectivity index (χ1v) is 4.32. The topological polar surface area (TPSA) is 46.6 Å². The highest BCUT2D eigenvalue weighted by Gasteiger charge is 2.33. The fourth-order valence-electron chi connectivity index (χ4n) is 0.893. The van der Waals surface area contributed by atoms with E-state index in [-0.39, 0.29) is 24.7 Å². The van der Waals surface area contributed by atoms with E-state index in [4.69, 9.17) is 4.84 Å². The number of nitrogens with zero attached hydrogens (tertiary/aromatic N) is 1. The van der Waals surface area contributed by atoms with Crippen LogP contribution in [0.4, 0.5) is 0 Å². The van der Waals surface area contributed by atoms with Crippen LogP contribution in [0.15, 0.2) is 0 Å².